The fourth-order valence-electron chi connectivity index (χ4n) is 6.90. The van der Waals surface area contributed by atoms with Crippen molar-refractivity contribution in [3.05, 3.63) is 29.3 Å². The van der Waals surface area contributed by atoms with Gasteiger partial charge in [-0.15, -0.1) is 0 Å². The van der Waals surface area contributed by atoms with Crippen LogP contribution in [0.2, 0.25) is 0 Å². The Hall–Kier alpha value is -2.74. The monoisotopic (exact) mass is 464 g/mol. The van der Waals surface area contributed by atoms with Crippen LogP contribution in [0.4, 0.5) is 5.69 Å². The third-order valence-corrected chi connectivity index (χ3v) is 9.01. The summed E-state index contributed by atoms with van der Waals surface area (Å²) in [7, 11) is 0. The second-order valence-corrected chi connectivity index (χ2v) is 11.0. The minimum Gasteiger partial charge on any atom is -0.368 e. The first-order valence-corrected chi connectivity index (χ1v) is 12.7. The highest BCUT2D eigenvalue weighted by atomic mass is 16.2. The Balaban J connectivity index is 1.34. The summed E-state index contributed by atoms with van der Waals surface area (Å²) in [5.41, 5.74) is 2.00. The van der Waals surface area contributed by atoms with Crippen molar-refractivity contribution < 1.29 is 19.2 Å². The molecule has 4 fully saturated rings. The first kappa shape index (κ1) is 21.8. The molecule has 34 heavy (non-hydrogen) atoms. The van der Waals surface area contributed by atoms with Crippen molar-refractivity contribution in [2.75, 3.05) is 24.5 Å². The van der Waals surface area contributed by atoms with Crippen LogP contribution in [0.3, 0.4) is 0 Å². The lowest BCUT2D eigenvalue weighted by molar-refractivity contribution is -0.136. The highest BCUT2D eigenvalue weighted by Crippen LogP contribution is 2.53. The number of fused-ring (bicyclic) bond motifs is 1. The lowest BCUT2D eigenvalue weighted by Crippen LogP contribution is -2.54. The van der Waals surface area contributed by atoms with E-state index >= 15 is 0 Å². The van der Waals surface area contributed by atoms with E-state index in [1.807, 2.05) is 12.1 Å². The maximum atomic E-state index is 13.7. The molecule has 4 aliphatic heterocycles. The Labute approximate surface area is 199 Å². The molecule has 1 saturated carbocycles. The van der Waals surface area contributed by atoms with Crippen molar-refractivity contribution >= 4 is 29.3 Å². The Bertz CT molecular complexity index is 1080. The van der Waals surface area contributed by atoms with E-state index in [0.717, 1.165) is 43.1 Å². The molecule has 4 atom stereocenters. The zero-order valence-electron chi connectivity index (χ0n) is 19.6. The molecule has 180 valence electrons. The summed E-state index contributed by atoms with van der Waals surface area (Å²) in [4.78, 5) is 54.5. The van der Waals surface area contributed by atoms with E-state index in [1.54, 1.807) is 6.07 Å². The van der Waals surface area contributed by atoms with Gasteiger partial charge >= 0.3 is 0 Å². The van der Waals surface area contributed by atoms with E-state index in [1.165, 1.54) is 19.3 Å². The summed E-state index contributed by atoms with van der Waals surface area (Å²) in [6, 6.07) is 4.95. The van der Waals surface area contributed by atoms with E-state index in [4.69, 9.17) is 0 Å². The third-order valence-electron chi connectivity index (χ3n) is 9.01. The number of carbonyl (C=O) groups excluding carboxylic acids is 4. The summed E-state index contributed by atoms with van der Waals surface area (Å²) < 4.78 is 0. The maximum absolute atomic E-state index is 13.7. The standard InChI is InChI=1S/C26H32N4O4/c1-15-13-17(15)20-14-26(7-10-27-11-8-26)9-12-29(20)18-4-2-3-16-22(18)25(34)30(24(16)33)19-5-6-21(31)28-23(19)32/h2-4,15,17,19-20,27H,5-14H2,1H3,(H,28,31,32)/t15?,17-,19?,20?/m0/s1. The quantitative estimate of drug-likeness (QED) is 0.665. The number of hydrogen-bond donors (Lipinski definition) is 2. The van der Waals surface area contributed by atoms with Crippen LogP contribution in [-0.4, -0.2) is 60.2 Å². The van der Waals surface area contributed by atoms with E-state index in [9.17, 15) is 19.2 Å². The molecular formula is C26H32N4O4. The van der Waals surface area contributed by atoms with Crippen molar-refractivity contribution in [1.82, 2.24) is 15.5 Å². The number of carbonyl (C=O) groups is 4. The average Bonchev–Trinajstić information content (AvgIpc) is 3.50. The lowest BCUT2D eigenvalue weighted by Gasteiger charge is -2.50. The Morgan fingerprint density at radius 1 is 1.03 bits per heavy atom. The fraction of sp³-hybridized carbons (Fsp3) is 0.615. The van der Waals surface area contributed by atoms with E-state index in [2.05, 4.69) is 22.5 Å². The molecule has 2 N–H and O–H groups in total. The molecule has 4 heterocycles. The number of nitrogens with one attached hydrogen (secondary N) is 2. The van der Waals surface area contributed by atoms with Gasteiger partial charge < -0.3 is 10.2 Å². The molecule has 8 heteroatoms. The first-order chi connectivity index (χ1) is 16.4. The van der Waals surface area contributed by atoms with Crippen molar-refractivity contribution in [3.63, 3.8) is 0 Å². The molecule has 0 aromatic heterocycles. The van der Waals surface area contributed by atoms with Gasteiger partial charge in [-0.25, -0.2) is 0 Å². The largest absolute Gasteiger partial charge is 0.368 e. The van der Waals surface area contributed by atoms with Crippen LogP contribution in [-0.2, 0) is 9.59 Å². The van der Waals surface area contributed by atoms with Crippen LogP contribution in [0.25, 0.3) is 0 Å². The van der Waals surface area contributed by atoms with Gasteiger partial charge in [-0.1, -0.05) is 13.0 Å². The van der Waals surface area contributed by atoms with Crippen molar-refractivity contribution in [3.8, 4) is 0 Å². The number of nitrogens with zero attached hydrogens (tertiary/aromatic N) is 2. The molecule has 8 nitrogen and oxygen atoms in total. The van der Waals surface area contributed by atoms with Gasteiger partial charge in [0, 0.05) is 19.0 Å². The van der Waals surface area contributed by atoms with E-state index in [0.29, 0.717) is 34.4 Å². The third kappa shape index (κ3) is 3.37. The van der Waals surface area contributed by atoms with Crippen molar-refractivity contribution in [1.29, 1.82) is 0 Å². The number of rotatable bonds is 3. The molecule has 1 aromatic rings. The molecule has 0 bridgehead atoms. The molecule has 1 aromatic carbocycles. The van der Waals surface area contributed by atoms with Crippen LogP contribution in [0.5, 0.6) is 0 Å². The predicted octanol–water partition coefficient (Wildman–Crippen LogP) is 2.08. The molecule has 6 rings (SSSR count). The Morgan fingerprint density at radius 3 is 2.50 bits per heavy atom. The highest BCUT2D eigenvalue weighted by molar-refractivity contribution is 6.25. The molecular weight excluding hydrogens is 432 g/mol. The number of anilines is 1. The zero-order chi connectivity index (χ0) is 23.6. The van der Waals surface area contributed by atoms with E-state index < -0.39 is 23.8 Å². The molecule has 3 saturated heterocycles. The van der Waals surface area contributed by atoms with Gasteiger partial charge in [-0.3, -0.25) is 29.4 Å². The van der Waals surface area contributed by atoms with Crippen LogP contribution in [0, 0.1) is 17.3 Å². The van der Waals surface area contributed by atoms with E-state index in [-0.39, 0.29) is 18.7 Å². The summed E-state index contributed by atoms with van der Waals surface area (Å²) in [5.74, 6) is -0.475. The van der Waals surface area contributed by atoms with Crippen LogP contribution in [0.15, 0.2) is 18.2 Å². The summed E-state index contributed by atoms with van der Waals surface area (Å²) in [5, 5.41) is 5.78. The Kier molecular flexibility index (Phi) is 5.06. The molecule has 5 aliphatic rings. The molecule has 1 aliphatic carbocycles. The number of amides is 4. The maximum Gasteiger partial charge on any atom is 0.264 e. The Morgan fingerprint density at radius 2 is 1.79 bits per heavy atom. The second-order valence-electron chi connectivity index (χ2n) is 11.0. The topological polar surface area (TPSA) is 98.8 Å². The molecule has 0 radical (unpaired) electrons. The van der Waals surface area contributed by atoms with Gasteiger partial charge in [-0.05, 0) is 81.0 Å². The minimum atomic E-state index is -0.934. The molecule has 4 amide bonds. The minimum absolute atomic E-state index is 0.126. The zero-order valence-corrected chi connectivity index (χ0v) is 19.6. The van der Waals surface area contributed by atoms with Gasteiger partial charge in [0.1, 0.15) is 6.04 Å². The predicted molar refractivity (Wildman–Crippen MR) is 125 cm³/mol. The van der Waals surface area contributed by atoms with Crippen LogP contribution in [0.1, 0.15) is 72.6 Å². The number of imide groups is 2. The fourth-order valence-corrected chi connectivity index (χ4v) is 6.90. The number of benzene rings is 1. The van der Waals surface area contributed by atoms with Gasteiger partial charge in [0.2, 0.25) is 11.8 Å². The van der Waals surface area contributed by atoms with Gasteiger partial charge in [0.15, 0.2) is 0 Å². The molecule has 3 unspecified atom stereocenters. The second kappa shape index (κ2) is 7.90. The van der Waals surface area contributed by atoms with Crippen LogP contribution >= 0.6 is 0 Å². The summed E-state index contributed by atoms with van der Waals surface area (Å²) in [6.07, 6.45) is 6.13. The van der Waals surface area contributed by atoms with Gasteiger partial charge in [0.25, 0.3) is 11.8 Å². The van der Waals surface area contributed by atoms with Gasteiger partial charge in [-0.2, -0.15) is 0 Å². The highest BCUT2D eigenvalue weighted by Gasteiger charge is 2.51. The van der Waals surface area contributed by atoms with Gasteiger partial charge in [0.05, 0.1) is 16.8 Å². The molecule has 1 spiro atoms. The van der Waals surface area contributed by atoms with Crippen LogP contribution < -0.4 is 15.5 Å². The number of piperidine rings is 3. The normalized spacial score (nSPS) is 32.7. The SMILES string of the molecule is CC1C[C@@H]1C1CC2(CCNCC2)CCN1c1cccc2c1C(=O)N(C1CCC(=O)NC1=O)C2=O. The van der Waals surface area contributed by atoms with Crippen molar-refractivity contribution in [2.24, 2.45) is 17.3 Å². The summed E-state index contributed by atoms with van der Waals surface area (Å²) in [6.45, 7) is 5.33. The number of hydrogen-bond acceptors (Lipinski definition) is 6. The first-order valence-electron chi connectivity index (χ1n) is 12.7. The van der Waals surface area contributed by atoms with Crippen molar-refractivity contribution in [2.45, 2.75) is 64.0 Å². The average molecular weight is 465 g/mol. The summed E-state index contributed by atoms with van der Waals surface area (Å²) >= 11 is 0. The lowest BCUT2D eigenvalue weighted by atomic mass is 9.68. The smallest absolute Gasteiger partial charge is 0.264 e.